The van der Waals surface area contributed by atoms with Crippen molar-refractivity contribution >= 4 is 50.4 Å². The summed E-state index contributed by atoms with van der Waals surface area (Å²) in [6.07, 6.45) is 0. The fourth-order valence-corrected chi connectivity index (χ4v) is 3.11. The third-order valence-corrected chi connectivity index (χ3v) is 4.38. The Balaban J connectivity index is 1.62. The van der Waals surface area contributed by atoms with Crippen LogP contribution < -0.4 is 5.32 Å². The van der Waals surface area contributed by atoms with Gasteiger partial charge in [-0.25, -0.2) is 4.98 Å². The second-order valence-corrected chi connectivity index (χ2v) is 6.59. The van der Waals surface area contributed by atoms with E-state index in [0.29, 0.717) is 5.22 Å². The molecule has 112 valence electrons. The summed E-state index contributed by atoms with van der Waals surface area (Å²) in [5.74, 6) is 0.167. The zero-order chi connectivity index (χ0) is 15.5. The maximum atomic E-state index is 12.0. The summed E-state index contributed by atoms with van der Waals surface area (Å²) in [6, 6.07) is 13.3. The molecule has 3 rings (SSSR count). The summed E-state index contributed by atoms with van der Waals surface area (Å²) in [5.41, 5.74) is 3.35. The first-order valence-electron chi connectivity index (χ1n) is 6.66. The molecule has 0 aliphatic rings. The smallest absolute Gasteiger partial charge is 0.257 e. The topological polar surface area (TPSA) is 55.1 Å². The van der Waals surface area contributed by atoms with Gasteiger partial charge in [0, 0.05) is 10.2 Å². The molecular weight excluding hydrogens is 364 g/mol. The number of aromatic nitrogens is 1. The van der Waals surface area contributed by atoms with Crippen LogP contribution in [0.15, 0.2) is 56.6 Å². The van der Waals surface area contributed by atoms with Gasteiger partial charge < -0.3 is 9.73 Å². The van der Waals surface area contributed by atoms with Gasteiger partial charge in [-0.3, -0.25) is 4.79 Å². The molecule has 0 saturated heterocycles. The van der Waals surface area contributed by atoms with Crippen LogP contribution >= 0.6 is 27.7 Å². The Hall–Kier alpha value is -1.79. The molecule has 0 saturated carbocycles. The number of carbonyl (C=O) groups is 1. The lowest BCUT2D eigenvalue weighted by Gasteiger charge is -2.07. The lowest BCUT2D eigenvalue weighted by atomic mass is 10.2. The van der Waals surface area contributed by atoms with Gasteiger partial charge in [0.15, 0.2) is 5.58 Å². The molecule has 1 amide bonds. The van der Waals surface area contributed by atoms with E-state index in [1.807, 2.05) is 49.4 Å². The Morgan fingerprint density at radius 1 is 1.32 bits per heavy atom. The van der Waals surface area contributed by atoms with Crippen LogP contribution in [0.3, 0.4) is 0 Å². The van der Waals surface area contributed by atoms with E-state index in [9.17, 15) is 4.79 Å². The summed E-state index contributed by atoms with van der Waals surface area (Å²) in [6.45, 7) is 1.95. The second-order valence-electron chi connectivity index (χ2n) is 4.74. The minimum atomic E-state index is -0.0855. The van der Waals surface area contributed by atoms with Gasteiger partial charge in [0.2, 0.25) is 5.91 Å². The zero-order valence-corrected chi connectivity index (χ0v) is 14.2. The van der Waals surface area contributed by atoms with Crippen LogP contribution in [-0.2, 0) is 4.79 Å². The zero-order valence-electron chi connectivity index (χ0n) is 11.8. The van der Waals surface area contributed by atoms with Crippen LogP contribution in [0.4, 0.5) is 5.69 Å². The van der Waals surface area contributed by atoms with Crippen LogP contribution in [0.2, 0.25) is 0 Å². The number of carbonyl (C=O) groups excluding carboxylic acids is 1. The highest BCUT2D eigenvalue weighted by Crippen LogP contribution is 2.24. The molecule has 1 heterocycles. The van der Waals surface area contributed by atoms with Crippen molar-refractivity contribution in [1.29, 1.82) is 0 Å². The molecule has 6 heteroatoms. The number of thioether (sulfide) groups is 1. The highest BCUT2D eigenvalue weighted by molar-refractivity contribution is 9.10. The average molecular weight is 377 g/mol. The number of anilines is 1. The molecule has 2 aromatic carbocycles. The van der Waals surface area contributed by atoms with Gasteiger partial charge in [0.25, 0.3) is 5.22 Å². The van der Waals surface area contributed by atoms with Crippen molar-refractivity contribution in [3.63, 3.8) is 0 Å². The molecule has 0 unspecified atom stereocenters. The molecule has 0 atom stereocenters. The highest BCUT2D eigenvalue weighted by atomic mass is 79.9. The number of nitrogens with zero attached hydrogens (tertiary/aromatic N) is 1. The number of aryl methyl sites for hydroxylation is 1. The van der Waals surface area contributed by atoms with E-state index in [1.54, 1.807) is 0 Å². The van der Waals surface area contributed by atoms with Crippen LogP contribution in [-0.4, -0.2) is 16.6 Å². The molecule has 0 fully saturated rings. The quantitative estimate of drug-likeness (QED) is 0.674. The van der Waals surface area contributed by atoms with E-state index in [0.717, 1.165) is 26.8 Å². The van der Waals surface area contributed by atoms with Gasteiger partial charge in [0.05, 0.1) is 5.75 Å². The normalized spacial score (nSPS) is 10.8. The van der Waals surface area contributed by atoms with Crippen molar-refractivity contribution in [3.05, 3.63) is 52.5 Å². The Morgan fingerprint density at radius 2 is 2.14 bits per heavy atom. The number of hydrogen-bond donors (Lipinski definition) is 1. The first-order valence-corrected chi connectivity index (χ1v) is 8.44. The molecule has 3 aromatic rings. The molecule has 4 nitrogen and oxygen atoms in total. The molecule has 22 heavy (non-hydrogen) atoms. The van der Waals surface area contributed by atoms with Crippen LogP contribution in [0.25, 0.3) is 11.1 Å². The molecule has 1 aromatic heterocycles. The maximum Gasteiger partial charge on any atom is 0.257 e. The standard InChI is InChI=1S/C16H13BrN2O2S/c1-10-8-11(17)6-7-12(10)18-15(20)9-22-16-19-13-4-2-3-5-14(13)21-16/h2-8H,9H2,1H3,(H,18,20). The van der Waals surface area contributed by atoms with E-state index in [2.05, 4.69) is 26.2 Å². The summed E-state index contributed by atoms with van der Waals surface area (Å²) >= 11 is 4.69. The second kappa shape index (κ2) is 6.54. The number of benzene rings is 2. The predicted molar refractivity (Wildman–Crippen MR) is 92.2 cm³/mol. The number of hydrogen-bond acceptors (Lipinski definition) is 4. The number of halogens is 1. The van der Waals surface area contributed by atoms with Gasteiger partial charge in [-0.05, 0) is 42.8 Å². The van der Waals surface area contributed by atoms with Crippen molar-refractivity contribution in [1.82, 2.24) is 4.98 Å². The molecule has 0 aliphatic heterocycles. The van der Waals surface area contributed by atoms with E-state index in [1.165, 1.54) is 11.8 Å². The van der Waals surface area contributed by atoms with Crippen molar-refractivity contribution in [2.75, 3.05) is 11.1 Å². The van der Waals surface area contributed by atoms with Crippen molar-refractivity contribution < 1.29 is 9.21 Å². The minimum Gasteiger partial charge on any atom is -0.431 e. The average Bonchev–Trinajstić information content (AvgIpc) is 2.91. The number of rotatable bonds is 4. The Bertz CT molecular complexity index is 799. The molecular formula is C16H13BrN2O2S. The molecule has 1 N–H and O–H groups in total. The Kier molecular flexibility index (Phi) is 4.49. The third kappa shape index (κ3) is 3.51. The first kappa shape index (κ1) is 15.1. The van der Waals surface area contributed by atoms with Crippen molar-refractivity contribution in [2.24, 2.45) is 0 Å². The van der Waals surface area contributed by atoms with Gasteiger partial charge in [0.1, 0.15) is 5.52 Å². The SMILES string of the molecule is Cc1cc(Br)ccc1NC(=O)CSc1nc2ccccc2o1. The van der Waals surface area contributed by atoms with Crippen molar-refractivity contribution in [2.45, 2.75) is 12.1 Å². The fraction of sp³-hybridized carbons (Fsp3) is 0.125. The van der Waals surface area contributed by atoms with E-state index in [-0.39, 0.29) is 11.7 Å². The maximum absolute atomic E-state index is 12.0. The summed E-state index contributed by atoms with van der Waals surface area (Å²) in [5, 5.41) is 3.39. The summed E-state index contributed by atoms with van der Waals surface area (Å²) in [7, 11) is 0. The Morgan fingerprint density at radius 3 is 2.91 bits per heavy atom. The van der Waals surface area contributed by atoms with E-state index < -0.39 is 0 Å². The van der Waals surface area contributed by atoms with Crippen LogP contribution in [0.5, 0.6) is 0 Å². The van der Waals surface area contributed by atoms with Gasteiger partial charge in [-0.15, -0.1) is 0 Å². The summed E-state index contributed by atoms with van der Waals surface area (Å²) < 4.78 is 6.56. The van der Waals surface area contributed by atoms with Crippen LogP contribution in [0, 0.1) is 6.92 Å². The molecule has 0 aliphatic carbocycles. The molecule has 0 bridgehead atoms. The van der Waals surface area contributed by atoms with Gasteiger partial charge in [-0.2, -0.15) is 0 Å². The fourth-order valence-electron chi connectivity index (χ4n) is 1.99. The Labute approximate surface area is 140 Å². The van der Waals surface area contributed by atoms with Gasteiger partial charge >= 0.3 is 0 Å². The largest absolute Gasteiger partial charge is 0.431 e. The number of oxazole rings is 1. The number of para-hydroxylation sites is 2. The first-order chi connectivity index (χ1) is 10.6. The molecule has 0 spiro atoms. The van der Waals surface area contributed by atoms with Crippen molar-refractivity contribution in [3.8, 4) is 0 Å². The monoisotopic (exact) mass is 376 g/mol. The lowest BCUT2D eigenvalue weighted by Crippen LogP contribution is -2.14. The number of fused-ring (bicyclic) bond motifs is 1. The van der Waals surface area contributed by atoms with Crippen LogP contribution in [0.1, 0.15) is 5.56 Å². The van der Waals surface area contributed by atoms with E-state index in [4.69, 9.17) is 4.42 Å². The number of amides is 1. The third-order valence-electron chi connectivity index (χ3n) is 3.06. The predicted octanol–water partition coefficient (Wildman–Crippen LogP) is 4.63. The lowest BCUT2D eigenvalue weighted by molar-refractivity contribution is -0.113. The number of nitrogens with one attached hydrogen (secondary N) is 1. The minimum absolute atomic E-state index is 0.0855. The van der Waals surface area contributed by atoms with E-state index >= 15 is 0 Å². The molecule has 0 radical (unpaired) electrons. The van der Waals surface area contributed by atoms with Gasteiger partial charge in [-0.1, -0.05) is 39.8 Å². The summed E-state index contributed by atoms with van der Waals surface area (Å²) in [4.78, 5) is 16.4. The highest BCUT2D eigenvalue weighted by Gasteiger charge is 2.10.